The lowest BCUT2D eigenvalue weighted by Crippen LogP contribution is -1.91. The van der Waals surface area contributed by atoms with Gasteiger partial charge in [0, 0.05) is 4.88 Å². The zero-order valence-electron chi connectivity index (χ0n) is 7.14. The third-order valence-electron chi connectivity index (χ3n) is 1.48. The number of ether oxygens (including phenoxy) is 1. The lowest BCUT2D eigenvalue weighted by molar-refractivity contribution is 0.305. The van der Waals surface area contributed by atoms with Gasteiger partial charge in [-0.2, -0.15) is 0 Å². The number of halogens is 1. The van der Waals surface area contributed by atoms with Crippen LogP contribution in [0.15, 0.2) is 17.5 Å². The van der Waals surface area contributed by atoms with E-state index in [1.807, 2.05) is 17.5 Å². The molecule has 6 heteroatoms. The molecule has 2 heterocycles. The Morgan fingerprint density at radius 1 is 1.43 bits per heavy atom. The molecule has 0 fully saturated rings. The summed E-state index contributed by atoms with van der Waals surface area (Å²) in [5.74, 6) is 0.389. The summed E-state index contributed by atoms with van der Waals surface area (Å²) < 4.78 is 5.43. The van der Waals surface area contributed by atoms with Gasteiger partial charge in [0.2, 0.25) is 0 Å². The van der Waals surface area contributed by atoms with Gasteiger partial charge >= 0.3 is 0 Å². The van der Waals surface area contributed by atoms with E-state index in [0.717, 1.165) is 5.01 Å². The van der Waals surface area contributed by atoms with Crippen LogP contribution in [0.3, 0.4) is 0 Å². The van der Waals surface area contributed by atoms with Crippen molar-refractivity contribution in [3.8, 4) is 5.19 Å². The summed E-state index contributed by atoms with van der Waals surface area (Å²) in [4.78, 5) is 1.17. The summed E-state index contributed by atoms with van der Waals surface area (Å²) in [7, 11) is 0. The second-order valence-corrected chi connectivity index (χ2v) is 4.79. The van der Waals surface area contributed by atoms with Crippen molar-refractivity contribution < 1.29 is 4.74 Å². The van der Waals surface area contributed by atoms with Gasteiger partial charge in [-0.1, -0.05) is 17.4 Å². The van der Waals surface area contributed by atoms with Crippen molar-refractivity contribution in [3.63, 3.8) is 0 Å². The van der Waals surface area contributed by atoms with Gasteiger partial charge in [-0.3, -0.25) is 0 Å². The highest BCUT2D eigenvalue weighted by molar-refractivity contribution is 7.13. The molecule has 2 aromatic rings. The van der Waals surface area contributed by atoms with Crippen molar-refractivity contribution in [2.45, 2.75) is 12.5 Å². The van der Waals surface area contributed by atoms with Gasteiger partial charge in [-0.15, -0.1) is 33.1 Å². The quantitative estimate of drug-likeness (QED) is 0.778. The molecule has 0 aliphatic carbocycles. The Morgan fingerprint density at radius 2 is 2.36 bits per heavy atom. The van der Waals surface area contributed by atoms with Gasteiger partial charge in [-0.25, -0.2) is 0 Å². The third kappa shape index (κ3) is 2.43. The Bertz CT molecular complexity index is 388. The second-order valence-electron chi connectivity index (χ2n) is 2.46. The molecule has 0 N–H and O–H groups in total. The van der Waals surface area contributed by atoms with Crippen LogP contribution < -0.4 is 4.74 Å². The Hall–Kier alpha value is -0.650. The Morgan fingerprint density at radius 3 is 3.00 bits per heavy atom. The summed E-state index contributed by atoms with van der Waals surface area (Å²) in [6.07, 6.45) is 0. The standard InChI is InChI=1S/C8H7ClN2OS2/c9-4-7-10-11-8(14-7)12-5-6-2-1-3-13-6/h1-3H,4-5H2. The normalized spacial score (nSPS) is 10.4. The molecular weight excluding hydrogens is 240 g/mol. The fourth-order valence-electron chi connectivity index (χ4n) is 0.878. The molecule has 0 unspecified atom stereocenters. The largest absolute Gasteiger partial charge is 0.463 e. The molecule has 0 saturated carbocycles. The van der Waals surface area contributed by atoms with E-state index in [-0.39, 0.29) is 0 Å². The number of aromatic nitrogens is 2. The highest BCUT2D eigenvalue weighted by atomic mass is 35.5. The number of nitrogens with zero attached hydrogens (tertiary/aromatic N) is 2. The van der Waals surface area contributed by atoms with Crippen molar-refractivity contribution in [2.24, 2.45) is 0 Å². The first-order valence-corrected chi connectivity index (χ1v) is 6.15. The van der Waals surface area contributed by atoms with Crippen molar-refractivity contribution in [2.75, 3.05) is 0 Å². The monoisotopic (exact) mass is 246 g/mol. The van der Waals surface area contributed by atoms with E-state index in [1.54, 1.807) is 11.3 Å². The van der Waals surface area contributed by atoms with E-state index in [2.05, 4.69) is 10.2 Å². The van der Waals surface area contributed by atoms with E-state index in [4.69, 9.17) is 16.3 Å². The number of hydrogen-bond acceptors (Lipinski definition) is 5. The SMILES string of the molecule is ClCc1nnc(OCc2cccs2)s1. The minimum atomic E-state index is 0.389. The lowest BCUT2D eigenvalue weighted by Gasteiger charge is -1.96. The Balaban J connectivity index is 1.92. The first-order valence-electron chi connectivity index (χ1n) is 3.92. The molecule has 0 aliphatic heterocycles. The van der Waals surface area contributed by atoms with E-state index in [9.17, 15) is 0 Å². The summed E-state index contributed by atoms with van der Waals surface area (Å²) in [6.45, 7) is 0.550. The predicted molar refractivity (Wildman–Crippen MR) is 58.1 cm³/mol. The molecule has 0 atom stereocenters. The maximum atomic E-state index is 5.59. The maximum absolute atomic E-state index is 5.59. The molecule has 0 saturated heterocycles. The number of thiophene rings is 1. The number of hydrogen-bond donors (Lipinski definition) is 0. The summed E-state index contributed by atoms with van der Waals surface area (Å²) in [5, 5.41) is 11.1. The summed E-state index contributed by atoms with van der Waals surface area (Å²) >= 11 is 8.64. The van der Waals surface area contributed by atoms with E-state index >= 15 is 0 Å². The topological polar surface area (TPSA) is 35.0 Å². The highest BCUT2D eigenvalue weighted by Crippen LogP contribution is 2.21. The molecule has 3 nitrogen and oxygen atoms in total. The fourth-order valence-corrected chi connectivity index (χ4v) is 2.25. The number of rotatable bonds is 4. The van der Waals surface area contributed by atoms with Crippen LogP contribution in [0.4, 0.5) is 0 Å². The lowest BCUT2D eigenvalue weighted by atomic mass is 10.5. The molecule has 2 aromatic heterocycles. The summed E-state index contributed by atoms with van der Waals surface area (Å²) in [5.41, 5.74) is 0. The Labute approximate surface area is 94.3 Å². The molecule has 0 radical (unpaired) electrons. The van der Waals surface area contributed by atoms with Crippen LogP contribution in [-0.2, 0) is 12.5 Å². The third-order valence-corrected chi connectivity index (χ3v) is 3.58. The zero-order chi connectivity index (χ0) is 9.80. The molecule has 2 rings (SSSR count). The average molecular weight is 247 g/mol. The van der Waals surface area contributed by atoms with Crippen LogP contribution in [-0.4, -0.2) is 10.2 Å². The molecule has 0 spiro atoms. The van der Waals surface area contributed by atoms with Crippen LogP contribution >= 0.6 is 34.3 Å². The molecule has 0 amide bonds. The van der Waals surface area contributed by atoms with Crippen molar-refractivity contribution in [1.29, 1.82) is 0 Å². The van der Waals surface area contributed by atoms with Crippen LogP contribution in [0.25, 0.3) is 0 Å². The van der Waals surface area contributed by atoms with E-state index < -0.39 is 0 Å². The van der Waals surface area contributed by atoms with Gasteiger partial charge in [0.1, 0.15) is 11.6 Å². The summed E-state index contributed by atoms with van der Waals surface area (Å²) in [6, 6.07) is 4.02. The molecule has 0 bridgehead atoms. The predicted octanol–water partition coefficient (Wildman–Crippen LogP) is 2.92. The van der Waals surface area contributed by atoms with Gasteiger partial charge < -0.3 is 4.74 Å². The van der Waals surface area contributed by atoms with Crippen molar-refractivity contribution in [1.82, 2.24) is 10.2 Å². The molecule has 14 heavy (non-hydrogen) atoms. The van der Waals surface area contributed by atoms with Crippen molar-refractivity contribution >= 4 is 34.3 Å². The molecular formula is C8H7ClN2OS2. The fraction of sp³-hybridized carbons (Fsp3) is 0.250. The first kappa shape index (κ1) is 9.89. The first-order chi connectivity index (χ1) is 6.88. The van der Waals surface area contributed by atoms with Gasteiger partial charge in [-0.05, 0) is 11.4 Å². The highest BCUT2D eigenvalue weighted by Gasteiger charge is 2.04. The maximum Gasteiger partial charge on any atom is 0.294 e. The minimum Gasteiger partial charge on any atom is -0.463 e. The van der Waals surface area contributed by atoms with Crippen LogP contribution in [0.5, 0.6) is 5.19 Å². The molecule has 0 aliphatic rings. The van der Waals surface area contributed by atoms with Crippen LogP contribution in [0.1, 0.15) is 9.88 Å². The van der Waals surface area contributed by atoms with Crippen LogP contribution in [0.2, 0.25) is 0 Å². The van der Waals surface area contributed by atoms with Gasteiger partial charge in [0.15, 0.2) is 0 Å². The van der Waals surface area contributed by atoms with E-state index in [0.29, 0.717) is 17.7 Å². The number of alkyl halides is 1. The van der Waals surface area contributed by atoms with Crippen LogP contribution in [0, 0.1) is 0 Å². The van der Waals surface area contributed by atoms with E-state index in [1.165, 1.54) is 16.2 Å². The van der Waals surface area contributed by atoms with Crippen molar-refractivity contribution in [3.05, 3.63) is 27.4 Å². The molecule has 74 valence electrons. The smallest absolute Gasteiger partial charge is 0.294 e. The Kier molecular flexibility index (Phi) is 3.34. The molecule has 0 aromatic carbocycles. The average Bonchev–Trinajstić information content (AvgIpc) is 2.86. The van der Waals surface area contributed by atoms with Gasteiger partial charge in [0.25, 0.3) is 5.19 Å². The zero-order valence-corrected chi connectivity index (χ0v) is 9.53. The minimum absolute atomic E-state index is 0.389. The second kappa shape index (κ2) is 4.72. The van der Waals surface area contributed by atoms with Gasteiger partial charge in [0.05, 0.1) is 5.88 Å².